The van der Waals surface area contributed by atoms with Gasteiger partial charge in [-0.15, -0.1) is 0 Å². The fraction of sp³-hybridized carbons (Fsp3) is 0.625. The summed E-state index contributed by atoms with van der Waals surface area (Å²) in [5.74, 6) is 2.67. The number of rotatable bonds is 5. The first kappa shape index (κ1) is 12.7. The van der Waals surface area contributed by atoms with Crippen LogP contribution >= 0.6 is 15.9 Å². The van der Waals surface area contributed by atoms with Crippen LogP contribution in [0.2, 0.25) is 0 Å². The number of halogens is 1. The first-order valence-corrected chi connectivity index (χ1v) is 8.01. The van der Waals surface area contributed by atoms with Crippen molar-refractivity contribution in [2.45, 2.75) is 44.6 Å². The van der Waals surface area contributed by atoms with Crippen LogP contribution < -0.4 is 5.32 Å². The van der Waals surface area contributed by atoms with Crippen molar-refractivity contribution in [2.24, 2.45) is 11.8 Å². The molecule has 3 rings (SSSR count). The molecule has 1 nitrogen and oxygen atoms in total. The summed E-state index contributed by atoms with van der Waals surface area (Å²) in [6.07, 6.45) is 5.54. The number of hydrogen-bond acceptors (Lipinski definition) is 1. The maximum Gasteiger partial charge on any atom is 0.0210 e. The van der Waals surface area contributed by atoms with E-state index in [1.807, 2.05) is 0 Å². The summed E-state index contributed by atoms with van der Waals surface area (Å²) in [5, 5.41) is 3.74. The fourth-order valence-electron chi connectivity index (χ4n) is 3.03. The van der Waals surface area contributed by atoms with Gasteiger partial charge in [0.25, 0.3) is 0 Å². The summed E-state index contributed by atoms with van der Waals surface area (Å²) in [6, 6.07) is 9.42. The maximum absolute atomic E-state index is 3.74. The van der Waals surface area contributed by atoms with Gasteiger partial charge in [0.05, 0.1) is 0 Å². The van der Waals surface area contributed by atoms with E-state index in [4.69, 9.17) is 0 Å². The van der Waals surface area contributed by atoms with E-state index in [2.05, 4.69) is 52.4 Å². The van der Waals surface area contributed by atoms with Gasteiger partial charge in [0.15, 0.2) is 0 Å². The molecular weight excluding hydrogens is 286 g/mol. The van der Waals surface area contributed by atoms with Crippen LogP contribution in [0.3, 0.4) is 0 Å². The lowest BCUT2D eigenvalue weighted by atomic mass is 9.76. The largest absolute Gasteiger partial charge is 0.314 e. The van der Waals surface area contributed by atoms with Gasteiger partial charge >= 0.3 is 0 Å². The van der Waals surface area contributed by atoms with E-state index in [1.165, 1.54) is 42.3 Å². The average Bonchev–Trinajstić information content (AvgIpc) is 3.12. The van der Waals surface area contributed by atoms with Crippen LogP contribution in [0.4, 0.5) is 0 Å². The predicted molar refractivity (Wildman–Crippen MR) is 79.8 cm³/mol. The molecule has 2 heteroatoms. The fourth-order valence-corrected chi connectivity index (χ4v) is 3.64. The highest BCUT2D eigenvalue weighted by Crippen LogP contribution is 2.41. The quantitative estimate of drug-likeness (QED) is 0.853. The molecule has 1 N–H and O–H groups in total. The first-order chi connectivity index (χ1) is 8.74. The molecule has 2 aliphatic carbocycles. The first-order valence-electron chi connectivity index (χ1n) is 7.22. The molecule has 0 amide bonds. The van der Waals surface area contributed by atoms with E-state index in [0.717, 1.165) is 23.8 Å². The molecule has 2 fully saturated rings. The zero-order chi connectivity index (χ0) is 12.5. The third-order valence-corrected chi connectivity index (χ3v) is 5.36. The van der Waals surface area contributed by atoms with Gasteiger partial charge in [-0.05, 0) is 61.6 Å². The van der Waals surface area contributed by atoms with Crippen LogP contribution in [0, 0.1) is 11.8 Å². The normalized spacial score (nSPS) is 28.8. The number of benzene rings is 1. The second-order valence-electron chi connectivity index (χ2n) is 6.11. The monoisotopic (exact) mass is 307 g/mol. The lowest BCUT2D eigenvalue weighted by Gasteiger charge is -2.37. The van der Waals surface area contributed by atoms with Crippen molar-refractivity contribution >= 4 is 15.9 Å². The van der Waals surface area contributed by atoms with Crippen LogP contribution in [0.1, 0.15) is 44.1 Å². The highest BCUT2D eigenvalue weighted by Gasteiger charge is 2.33. The molecule has 1 atom stereocenters. The second-order valence-corrected chi connectivity index (χ2v) is 6.96. The van der Waals surface area contributed by atoms with Crippen molar-refractivity contribution in [3.05, 3.63) is 34.3 Å². The van der Waals surface area contributed by atoms with Crippen molar-refractivity contribution in [1.29, 1.82) is 0 Å². The highest BCUT2D eigenvalue weighted by atomic mass is 79.9. The molecule has 0 saturated heterocycles. The van der Waals surface area contributed by atoms with Gasteiger partial charge in [-0.1, -0.05) is 41.1 Å². The van der Waals surface area contributed by atoms with Crippen molar-refractivity contribution in [3.63, 3.8) is 0 Å². The zero-order valence-corrected chi connectivity index (χ0v) is 12.6. The number of nitrogens with one attached hydrogen (secondary N) is 1. The Kier molecular flexibility index (Phi) is 3.76. The smallest absolute Gasteiger partial charge is 0.0210 e. The van der Waals surface area contributed by atoms with Crippen LogP contribution in [-0.2, 0) is 0 Å². The van der Waals surface area contributed by atoms with Gasteiger partial charge in [0, 0.05) is 10.5 Å². The summed E-state index contributed by atoms with van der Waals surface area (Å²) in [4.78, 5) is 0. The Morgan fingerprint density at radius 1 is 1.28 bits per heavy atom. The molecular formula is C16H22BrN. The molecule has 0 radical (unpaired) electrons. The predicted octanol–water partition coefficient (Wildman–Crippen LogP) is 4.33. The standard InChI is InChI=1S/C16H22BrN/c1-11(12-6-7-12)10-18-14-8-13(9-14)15-4-2-3-5-16(15)17/h2-5,11-14,18H,6-10H2,1H3. The minimum absolute atomic E-state index is 0.753. The van der Waals surface area contributed by atoms with E-state index < -0.39 is 0 Å². The minimum atomic E-state index is 0.753. The highest BCUT2D eigenvalue weighted by molar-refractivity contribution is 9.10. The second kappa shape index (κ2) is 5.34. The van der Waals surface area contributed by atoms with Gasteiger partial charge in [0.1, 0.15) is 0 Å². The lowest BCUT2D eigenvalue weighted by molar-refractivity contribution is 0.273. The van der Waals surface area contributed by atoms with Gasteiger partial charge in [-0.2, -0.15) is 0 Å². The van der Waals surface area contributed by atoms with Crippen LogP contribution in [0.15, 0.2) is 28.7 Å². The van der Waals surface area contributed by atoms with Crippen LogP contribution in [0.25, 0.3) is 0 Å². The molecule has 0 aliphatic heterocycles. The molecule has 18 heavy (non-hydrogen) atoms. The molecule has 2 saturated carbocycles. The Balaban J connectivity index is 1.44. The van der Waals surface area contributed by atoms with Gasteiger partial charge in [-0.3, -0.25) is 0 Å². The summed E-state index contributed by atoms with van der Waals surface area (Å²) in [5.41, 5.74) is 1.49. The molecule has 2 aliphatic rings. The Hall–Kier alpha value is -0.340. The summed E-state index contributed by atoms with van der Waals surface area (Å²) in [6.45, 7) is 3.62. The van der Waals surface area contributed by atoms with E-state index in [9.17, 15) is 0 Å². The average molecular weight is 308 g/mol. The Labute approximate surface area is 118 Å². The number of hydrogen-bond donors (Lipinski definition) is 1. The lowest BCUT2D eigenvalue weighted by Crippen LogP contribution is -2.42. The molecule has 0 bridgehead atoms. The molecule has 0 aromatic heterocycles. The summed E-state index contributed by atoms with van der Waals surface area (Å²) in [7, 11) is 0. The van der Waals surface area contributed by atoms with Crippen molar-refractivity contribution < 1.29 is 0 Å². The van der Waals surface area contributed by atoms with Crippen LogP contribution in [0.5, 0.6) is 0 Å². The van der Waals surface area contributed by atoms with Gasteiger partial charge < -0.3 is 5.32 Å². The maximum atomic E-state index is 3.74. The molecule has 1 aromatic carbocycles. The summed E-state index contributed by atoms with van der Waals surface area (Å²) >= 11 is 3.66. The van der Waals surface area contributed by atoms with E-state index in [0.29, 0.717) is 0 Å². The van der Waals surface area contributed by atoms with Crippen molar-refractivity contribution in [3.8, 4) is 0 Å². The summed E-state index contributed by atoms with van der Waals surface area (Å²) < 4.78 is 1.28. The minimum Gasteiger partial charge on any atom is -0.314 e. The SMILES string of the molecule is CC(CNC1CC(c2ccccc2Br)C1)C1CC1. The molecule has 0 spiro atoms. The third-order valence-electron chi connectivity index (χ3n) is 4.64. The third kappa shape index (κ3) is 2.80. The van der Waals surface area contributed by atoms with E-state index >= 15 is 0 Å². The van der Waals surface area contributed by atoms with Gasteiger partial charge in [0.2, 0.25) is 0 Å². The zero-order valence-electron chi connectivity index (χ0n) is 11.0. The Morgan fingerprint density at radius 3 is 2.67 bits per heavy atom. The molecule has 0 heterocycles. The van der Waals surface area contributed by atoms with Crippen molar-refractivity contribution in [2.75, 3.05) is 6.54 Å². The Bertz CT molecular complexity index is 407. The molecule has 1 aromatic rings. The van der Waals surface area contributed by atoms with Gasteiger partial charge in [-0.25, -0.2) is 0 Å². The van der Waals surface area contributed by atoms with Crippen molar-refractivity contribution in [1.82, 2.24) is 5.32 Å². The molecule has 98 valence electrons. The Morgan fingerprint density at radius 2 is 2.00 bits per heavy atom. The molecule has 1 unspecified atom stereocenters. The van der Waals surface area contributed by atoms with E-state index in [1.54, 1.807) is 0 Å². The van der Waals surface area contributed by atoms with Crippen LogP contribution in [-0.4, -0.2) is 12.6 Å². The topological polar surface area (TPSA) is 12.0 Å². The van der Waals surface area contributed by atoms with E-state index in [-0.39, 0.29) is 0 Å².